The number of carboxylic acids is 1. The van der Waals surface area contributed by atoms with Gasteiger partial charge in [0, 0.05) is 6.07 Å². The Balaban J connectivity index is 1.89. The van der Waals surface area contributed by atoms with Gasteiger partial charge in [0.25, 0.3) is 0 Å². The van der Waals surface area contributed by atoms with Gasteiger partial charge in [-0.3, -0.25) is 4.79 Å². The van der Waals surface area contributed by atoms with Gasteiger partial charge in [-0.2, -0.15) is 0 Å². The first-order valence-electron chi connectivity index (χ1n) is 6.84. The van der Waals surface area contributed by atoms with Gasteiger partial charge in [0.2, 0.25) is 0 Å². The van der Waals surface area contributed by atoms with Crippen molar-refractivity contribution in [2.24, 2.45) is 11.7 Å². The lowest BCUT2D eigenvalue weighted by atomic mass is 9.86. The van der Waals surface area contributed by atoms with Crippen molar-refractivity contribution in [1.29, 1.82) is 0 Å². The SMILES string of the molecule is Cc1ccc(OCCC2CCCC2(N)C(=O)O)cc1F. The summed E-state index contributed by atoms with van der Waals surface area (Å²) in [5.74, 6) is -0.872. The average Bonchev–Trinajstić information content (AvgIpc) is 2.77. The molecule has 2 atom stereocenters. The Kier molecular flexibility index (Phi) is 4.28. The second-order valence-corrected chi connectivity index (χ2v) is 5.48. The maximum Gasteiger partial charge on any atom is 0.323 e. The van der Waals surface area contributed by atoms with E-state index in [1.54, 1.807) is 19.1 Å². The molecule has 2 rings (SSSR count). The summed E-state index contributed by atoms with van der Waals surface area (Å²) < 4.78 is 18.8. The zero-order valence-corrected chi connectivity index (χ0v) is 11.6. The first kappa shape index (κ1) is 14.8. The van der Waals surface area contributed by atoms with Crippen LogP contribution in [0, 0.1) is 18.7 Å². The molecular formula is C15H20FNO3. The van der Waals surface area contributed by atoms with E-state index < -0.39 is 11.5 Å². The summed E-state index contributed by atoms with van der Waals surface area (Å²) in [7, 11) is 0. The summed E-state index contributed by atoms with van der Waals surface area (Å²) in [5.41, 5.74) is 5.39. The molecule has 0 heterocycles. The Morgan fingerprint density at radius 2 is 2.35 bits per heavy atom. The number of ether oxygens (including phenoxy) is 1. The molecule has 0 radical (unpaired) electrons. The van der Waals surface area contributed by atoms with Crippen molar-refractivity contribution < 1.29 is 19.0 Å². The maximum absolute atomic E-state index is 13.4. The van der Waals surface area contributed by atoms with Crippen molar-refractivity contribution in [3.63, 3.8) is 0 Å². The summed E-state index contributed by atoms with van der Waals surface area (Å²) in [6.07, 6.45) is 2.70. The van der Waals surface area contributed by atoms with Crippen molar-refractivity contribution in [2.45, 2.75) is 38.1 Å². The van der Waals surface area contributed by atoms with E-state index in [1.165, 1.54) is 6.07 Å². The molecule has 1 aromatic carbocycles. The Labute approximate surface area is 117 Å². The average molecular weight is 281 g/mol. The third kappa shape index (κ3) is 2.93. The minimum Gasteiger partial charge on any atom is -0.493 e. The van der Waals surface area contributed by atoms with Gasteiger partial charge < -0.3 is 15.6 Å². The van der Waals surface area contributed by atoms with Crippen LogP contribution in [0.4, 0.5) is 4.39 Å². The van der Waals surface area contributed by atoms with Gasteiger partial charge in [0.05, 0.1) is 6.61 Å². The van der Waals surface area contributed by atoms with Gasteiger partial charge in [0.15, 0.2) is 0 Å². The number of aryl methyl sites for hydroxylation is 1. The molecule has 1 fully saturated rings. The van der Waals surface area contributed by atoms with Gasteiger partial charge in [-0.15, -0.1) is 0 Å². The van der Waals surface area contributed by atoms with E-state index in [1.807, 2.05) is 0 Å². The van der Waals surface area contributed by atoms with E-state index >= 15 is 0 Å². The molecule has 3 N–H and O–H groups in total. The number of benzene rings is 1. The van der Waals surface area contributed by atoms with E-state index in [0.29, 0.717) is 30.8 Å². The summed E-state index contributed by atoms with van der Waals surface area (Å²) in [4.78, 5) is 11.2. The molecule has 20 heavy (non-hydrogen) atoms. The zero-order valence-electron chi connectivity index (χ0n) is 11.6. The minimum absolute atomic E-state index is 0.0877. The summed E-state index contributed by atoms with van der Waals surface area (Å²) >= 11 is 0. The van der Waals surface area contributed by atoms with Crippen LogP contribution in [0.15, 0.2) is 18.2 Å². The third-order valence-electron chi connectivity index (χ3n) is 4.15. The van der Waals surface area contributed by atoms with Crippen LogP contribution >= 0.6 is 0 Å². The number of hydrogen-bond donors (Lipinski definition) is 2. The highest BCUT2D eigenvalue weighted by molar-refractivity contribution is 5.79. The molecule has 4 nitrogen and oxygen atoms in total. The minimum atomic E-state index is -1.14. The molecule has 2 unspecified atom stereocenters. The van der Waals surface area contributed by atoms with Crippen LogP contribution in [-0.2, 0) is 4.79 Å². The van der Waals surface area contributed by atoms with Crippen LogP contribution in [0.5, 0.6) is 5.75 Å². The first-order chi connectivity index (χ1) is 9.43. The molecule has 0 spiro atoms. The van der Waals surface area contributed by atoms with E-state index in [9.17, 15) is 14.3 Å². The highest BCUT2D eigenvalue weighted by Crippen LogP contribution is 2.36. The molecule has 0 aliphatic heterocycles. The lowest BCUT2D eigenvalue weighted by Crippen LogP contribution is -2.51. The number of rotatable bonds is 5. The molecule has 1 aliphatic rings. The Morgan fingerprint density at radius 3 is 3.00 bits per heavy atom. The van der Waals surface area contributed by atoms with Gasteiger partial charge in [0.1, 0.15) is 17.1 Å². The van der Waals surface area contributed by atoms with Crippen LogP contribution in [0.25, 0.3) is 0 Å². The molecule has 0 amide bonds. The number of hydrogen-bond acceptors (Lipinski definition) is 3. The van der Waals surface area contributed by atoms with Crippen molar-refractivity contribution in [3.05, 3.63) is 29.6 Å². The number of nitrogens with two attached hydrogens (primary N) is 1. The predicted octanol–water partition coefficient (Wildman–Crippen LogP) is 2.49. The molecule has 5 heteroatoms. The standard InChI is InChI=1S/C15H20FNO3/c1-10-4-5-12(9-13(10)16)20-8-6-11-3-2-7-15(11,17)14(18)19/h4-5,9,11H,2-3,6-8,17H2,1H3,(H,18,19). The molecule has 110 valence electrons. The van der Waals surface area contributed by atoms with Gasteiger partial charge in [-0.05, 0) is 43.7 Å². The van der Waals surface area contributed by atoms with Crippen molar-refractivity contribution in [1.82, 2.24) is 0 Å². The van der Waals surface area contributed by atoms with Crippen LogP contribution in [0.1, 0.15) is 31.2 Å². The van der Waals surface area contributed by atoms with E-state index in [-0.39, 0.29) is 11.7 Å². The quantitative estimate of drug-likeness (QED) is 0.869. The second kappa shape index (κ2) is 5.79. The predicted molar refractivity (Wildman–Crippen MR) is 73.1 cm³/mol. The summed E-state index contributed by atoms with van der Waals surface area (Å²) in [5, 5.41) is 9.21. The topological polar surface area (TPSA) is 72.5 Å². The van der Waals surface area contributed by atoms with Crippen molar-refractivity contribution >= 4 is 5.97 Å². The third-order valence-corrected chi connectivity index (χ3v) is 4.15. The van der Waals surface area contributed by atoms with E-state index in [4.69, 9.17) is 10.5 Å². The Morgan fingerprint density at radius 1 is 1.60 bits per heavy atom. The fourth-order valence-electron chi connectivity index (χ4n) is 2.77. The normalized spacial score (nSPS) is 25.6. The molecule has 0 bridgehead atoms. The maximum atomic E-state index is 13.4. The molecule has 0 aromatic heterocycles. The molecule has 1 aliphatic carbocycles. The van der Waals surface area contributed by atoms with E-state index in [0.717, 1.165) is 12.8 Å². The Bertz CT molecular complexity index is 506. The summed E-state index contributed by atoms with van der Waals surface area (Å²) in [6, 6.07) is 4.71. The number of carboxylic acid groups (broad SMARTS) is 1. The number of carbonyl (C=O) groups is 1. The Hall–Kier alpha value is -1.62. The number of halogens is 1. The first-order valence-corrected chi connectivity index (χ1v) is 6.84. The lowest BCUT2D eigenvalue weighted by Gasteiger charge is -2.26. The highest BCUT2D eigenvalue weighted by atomic mass is 19.1. The van der Waals surface area contributed by atoms with Gasteiger partial charge in [-0.25, -0.2) is 4.39 Å². The monoisotopic (exact) mass is 281 g/mol. The van der Waals surface area contributed by atoms with Crippen LogP contribution < -0.4 is 10.5 Å². The van der Waals surface area contributed by atoms with E-state index in [2.05, 4.69) is 0 Å². The molecule has 1 saturated carbocycles. The van der Waals surface area contributed by atoms with Gasteiger partial charge in [-0.1, -0.05) is 12.5 Å². The van der Waals surface area contributed by atoms with Crippen LogP contribution in [0.2, 0.25) is 0 Å². The molecule has 1 aromatic rings. The number of aliphatic carboxylic acids is 1. The molecular weight excluding hydrogens is 261 g/mol. The van der Waals surface area contributed by atoms with Gasteiger partial charge >= 0.3 is 5.97 Å². The second-order valence-electron chi connectivity index (χ2n) is 5.48. The summed E-state index contributed by atoms with van der Waals surface area (Å²) in [6.45, 7) is 2.03. The smallest absolute Gasteiger partial charge is 0.323 e. The zero-order chi connectivity index (χ0) is 14.8. The fraction of sp³-hybridized carbons (Fsp3) is 0.533. The largest absolute Gasteiger partial charge is 0.493 e. The van der Waals surface area contributed by atoms with Crippen molar-refractivity contribution in [3.8, 4) is 5.75 Å². The lowest BCUT2D eigenvalue weighted by molar-refractivity contribution is -0.144. The highest BCUT2D eigenvalue weighted by Gasteiger charge is 2.45. The molecule has 0 saturated heterocycles. The fourth-order valence-corrected chi connectivity index (χ4v) is 2.77. The van der Waals surface area contributed by atoms with Crippen molar-refractivity contribution in [2.75, 3.05) is 6.61 Å². The van der Waals surface area contributed by atoms with Crippen LogP contribution in [0.3, 0.4) is 0 Å². The van der Waals surface area contributed by atoms with Crippen LogP contribution in [-0.4, -0.2) is 23.2 Å².